The van der Waals surface area contributed by atoms with Gasteiger partial charge in [0, 0.05) is 19.6 Å². The van der Waals surface area contributed by atoms with Gasteiger partial charge >= 0.3 is 5.97 Å². The van der Waals surface area contributed by atoms with Crippen LogP contribution in [0.15, 0.2) is 47.4 Å². The molecule has 7 nitrogen and oxygen atoms in total. The van der Waals surface area contributed by atoms with E-state index in [0.29, 0.717) is 31.7 Å². The fourth-order valence-electron chi connectivity index (χ4n) is 4.14. The van der Waals surface area contributed by atoms with Gasteiger partial charge in [0.25, 0.3) is 15.9 Å². The molecule has 0 bridgehead atoms. The van der Waals surface area contributed by atoms with Crippen molar-refractivity contribution < 1.29 is 22.7 Å². The van der Waals surface area contributed by atoms with Gasteiger partial charge in [0.05, 0.1) is 21.2 Å². The summed E-state index contributed by atoms with van der Waals surface area (Å²) in [6, 6.07) is 11.4. The van der Waals surface area contributed by atoms with E-state index < -0.39 is 22.6 Å². The standard InChI is InChI=1S/C23H25ClN2O5S/c24-20-11-10-18(32(29,30)26-14-6-8-17-7-2-3-9-21(17)26)15-19(20)23(28)31-16-22(27)25-12-4-1-5-13-25/h2-3,7,9-11,15H,1,4-6,8,12-14,16H2. The van der Waals surface area contributed by atoms with E-state index in [-0.39, 0.29) is 21.4 Å². The Kier molecular flexibility index (Phi) is 6.71. The molecular weight excluding hydrogens is 452 g/mol. The molecule has 0 N–H and O–H groups in total. The first-order valence-electron chi connectivity index (χ1n) is 10.7. The van der Waals surface area contributed by atoms with Gasteiger partial charge in [-0.15, -0.1) is 0 Å². The third-order valence-corrected chi connectivity index (χ3v) is 7.99. The molecule has 0 aromatic heterocycles. The van der Waals surface area contributed by atoms with Crippen molar-refractivity contribution in [1.29, 1.82) is 0 Å². The smallest absolute Gasteiger partial charge is 0.340 e. The number of ether oxygens (including phenoxy) is 1. The van der Waals surface area contributed by atoms with Crippen molar-refractivity contribution in [3.8, 4) is 0 Å². The fraction of sp³-hybridized carbons (Fsp3) is 0.391. The lowest BCUT2D eigenvalue weighted by molar-refractivity contribution is -0.135. The lowest BCUT2D eigenvalue weighted by Gasteiger charge is -2.30. The van der Waals surface area contributed by atoms with Gasteiger partial charge in [0.15, 0.2) is 6.61 Å². The normalized spacial score (nSPS) is 16.4. The van der Waals surface area contributed by atoms with E-state index in [1.54, 1.807) is 17.0 Å². The molecule has 2 aliphatic rings. The molecule has 0 atom stereocenters. The number of carbonyl (C=O) groups excluding carboxylic acids is 2. The number of nitrogens with zero attached hydrogens (tertiary/aromatic N) is 2. The summed E-state index contributed by atoms with van der Waals surface area (Å²) in [4.78, 5) is 26.5. The van der Waals surface area contributed by atoms with E-state index in [1.165, 1.54) is 22.5 Å². The molecule has 2 heterocycles. The summed E-state index contributed by atoms with van der Waals surface area (Å²) in [7, 11) is -3.90. The van der Waals surface area contributed by atoms with E-state index in [9.17, 15) is 18.0 Å². The predicted octanol–water partition coefficient (Wildman–Crippen LogP) is 3.65. The molecule has 1 fully saturated rings. The molecular formula is C23H25ClN2O5S. The second-order valence-electron chi connectivity index (χ2n) is 7.97. The SMILES string of the molecule is O=C(OCC(=O)N1CCCCC1)c1cc(S(=O)(=O)N2CCCc3ccccc32)ccc1Cl. The Morgan fingerprint density at radius 2 is 1.72 bits per heavy atom. The molecule has 9 heteroatoms. The van der Waals surface area contributed by atoms with Crippen LogP contribution in [0, 0.1) is 0 Å². The van der Waals surface area contributed by atoms with Gasteiger partial charge in [-0.05, 0) is 61.9 Å². The maximum Gasteiger partial charge on any atom is 0.340 e. The number of aryl methyl sites for hydroxylation is 1. The minimum atomic E-state index is -3.90. The molecule has 1 saturated heterocycles. The highest BCUT2D eigenvalue weighted by Crippen LogP contribution is 2.33. The van der Waals surface area contributed by atoms with Crippen LogP contribution in [0.2, 0.25) is 5.02 Å². The lowest BCUT2D eigenvalue weighted by Crippen LogP contribution is -2.38. The molecule has 0 saturated carbocycles. The van der Waals surface area contributed by atoms with Gasteiger partial charge in [0.1, 0.15) is 0 Å². The van der Waals surface area contributed by atoms with Crippen molar-refractivity contribution in [3.63, 3.8) is 0 Å². The van der Waals surface area contributed by atoms with Gasteiger partial charge in [-0.3, -0.25) is 9.10 Å². The van der Waals surface area contributed by atoms with Crippen LogP contribution in [0.5, 0.6) is 0 Å². The van der Waals surface area contributed by atoms with Crippen LogP contribution in [0.1, 0.15) is 41.6 Å². The molecule has 2 aromatic rings. The summed E-state index contributed by atoms with van der Waals surface area (Å²) in [5.41, 5.74) is 1.53. The molecule has 170 valence electrons. The molecule has 2 aromatic carbocycles. The molecule has 4 rings (SSSR count). The van der Waals surface area contributed by atoms with E-state index in [0.717, 1.165) is 31.2 Å². The zero-order valence-electron chi connectivity index (χ0n) is 17.6. The molecule has 0 unspecified atom stereocenters. The number of rotatable bonds is 5. The van der Waals surface area contributed by atoms with Gasteiger partial charge in [-0.25, -0.2) is 13.2 Å². The van der Waals surface area contributed by atoms with Crippen LogP contribution in [-0.4, -0.2) is 51.4 Å². The number of benzene rings is 2. The third kappa shape index (κ3) is 4.61. The Hall–Kier alpha value is -2.58. The van der Waals surface area contributed by atoms with Crippen LogP contribution in [0.3, 0.4) is 0 Å². The number of carbonyl (C=O) groups is 2. The average molecular weight is 477 g/mol. The molecule has 1 amide bonds. The predicted molar refractivity (Wildman–Crippen MR) is 121 cm³/mol. The minimum Gasteiger partial charge on any atom is -0.452 e. The number of sulfonamides is 1. The number of amides is 1. The van der Waals surface area contributed by atoms with Crippen molar-refractivity contribution in [2.75, 3.05) is 30.5 Å². The number of halogens is 1. The van der Waals surface area contributed by atoms with Crippen LogP contribution in [0.4, 0.5) is 5.69 Å². The van der Waals surface area contributed by atoms with E-state index >= 15 is 0 Å². The van der Waals surface area contributed by atoms with Crippen LogP contribution in [0.25, 0.3) is 0 Å². The highest BCUT2D eigenvalue weighted by atomic mass is 35.5. The maximum absolute atomic E-state index is 13.4. The molecule has 0 spiro atoms. The number of para-hydroxylation sites is 1. The number of piperidine rings is 1. The molecule has 2 aliphatic heterocycles. The fourth-order valence-corrected chi connectivity index (χ4v) is 5.90. The summed E-state index contributed by atoms with van der Waals surface area (Å²) in [6.07, 6.45) is 4.47. The number of hydrogen-bond donors (Lipinski definition) is 0. The zero-order chi connectivity index (χ0) is 22.7. The summed E-state index contributed by atoms with van der Waals surface area (Å²) in [6.45, 7) is 1.27. The number of esters is 1. The average Bonchev–Trinajstić information content (AvgIpc) is 2.82. The molecule has 0 aliphatic carbocycles. The zero-order valence-corrected chi connectivity index (χ0v) is 19.2. The Morgan fingerprint density at radius 1 is 0.969 bits per heavy atom. The summed E-state index contributed by atoms with van der Waals surface area (Å²) >= 11 is 6.17. The van der Waals surface area contributed by atoms with Crippen molar-refractivity contribution in [2.45, 2.75) is 37.0 Å². The first-order chi connectivity index (χ1) is 15.4. The highest BCUT2D eigenvalue weighted by molar-refractivity contribution is 7.92. The Labute approximate surface area is 193 Å². The Bertz CT molecular complexity index is 1130. The number of anilines is 1. The molecule has 32 heavy (non-hydrogen) atoms. The third-order valence-electron chi connectivity index (χ3n) is 5.85. The first kappa shape index (κ1) is 22.6. The van der Waals surface area contributed by atoms with Gasteiger partial charge < -0.3 is 9.64 Å². The quantitative estimate of drug-likeness (QED) is 0.615. The summed E-state index contributed by atoms with van der Waals surface area (Å²) in [5, 5.41) is 0.0680. The number of fused-ring (bicyclic) bond motifs is 1. The van der Waals surface area contributed by atoms with E-state index in [2.05, 4.69) is 0 Å². The Balaban J connectivity index is 1.53. The first-order valence-corrected chi connectivity index (χ1v) is 12.5. The topological polar surface area (TPSA) is 84.0 Å². The van der Waals surface area contributed by atoms with Gasteiger partial charge in [0.2, 0.25) is 0 Å². The second kappa shape index (κ2) is 9.50. The maximum atomic E-state index is 13.4. The monoisotopic (exact) mass is 476 g/mol. The largest absolute Gasteiger partial charge is 0.452 e. The lowest BCUT2D eigenvalue weighted by atomic mass is 10.0. The van der Waals surface area contributed by atoms with E-state index in [4.69, 9.17) is 16.3 Å². The summed E-state index contributed by atoms with van der Waals surface area (Å²) in [5.74, 6) is -1.08. The van der Waals surface area contributed by atoms with Crippen molar-refractivity contribution in [3.05, 3.63) is 58.6 Å². The van der Waals surface area contributed by atoms with Crippen LogP contribution >= 0.6 is 11.6 Å². The van der Waals surface area contributed by atoms with Gasteiger partial charge in [-0.1, -0.05) is 29.8 Å². The van der Waals surface area contributed by atoms with Crippen LogP contribution in [-0.2, 0) is 26.0 Å². The second-order valence-corrected chi connectivity index (χ2v) is 10.2. The van der Waals surface area contributed by atoms with Crippen molar-refractivity contribution >= 4 is 39.2 Å². The van der Waals surface area contributed by atoms with Crippen molar-refractivity contribution in [1.82, 2.24) is 4.90 Å². The van der Waals surface area contributed by atoms with Crippen LogP contribution < -0.4 is 4.31 Å². The van der Waals surface area contributed by atoms with Gasteiger partial charge in [-0.2, -0.15) is 0 Å². The highest BCUT2D eigenvalue weighted by Gasteiger charge is 2.30. The number of likely N-dealkylation sites (tertiary alicyclic amines) is 1. The number of hydrogen-bond acceptors (Lipinski definition) is 5. The van der Waals surface area contributed by atoms with E-state index in [1.807, 2.05) is 12.1 Å². The Morgan fingerprint density at radius 3 is 2.50 bits per heavy atom. The minimum absolute atomic E-state index is 0.0482. The molecule has 0 radical (unpaired) electrons. The summed E-state index contributed by atoms with van der Waals surface area (Å²) < 4.78 is 33.3. The van der Waals surface area contributed by atoms with Crippen molar-refractivity contribution in [2.24, 2.45) is 0 Å².